The summed E-state index contributed by atoms with van der Waals surface area (Å²) >= 11 is 0. The zero-order chi connectivity index (χ0) is 10.3. The minimum Gasteiger partial charge on any atom is -0.381 e. The van der Waals surface area contributed by atoms with Crippen molar-refractivity contribution in [2.24, 2.45) is 5.41 Å². The summed E-state index contributed by atoms with van der Waals surface area (Å²) in [7, 11) is 1.84. The Morgan fingerprint density at radius 1 is 1.20 bits per heavy atom. The molecular formula is C12H22N2O. The lowest BCUT2D eigenvalue weighted by molar-refractivity contribution is -0.0519. The number of hydrogen-bond acceptors (Lipinski definition) is 3. The predicted octanol–water partition coefficient (Wildman–Crippen LogP) is 0.849. The van der Waals surface area contributed by atoms with E-state index in [1.165, 1.54) is 51.9 Å². The highest BCUT2D eigenvalue weighted by Crippen LogP contribution is 2.38. The molecule has 3 nitrogen and oxygen atoms in total. The van der Waals surface area contributed by atoms with Crippen LogP contribution in [0.3, 0.4) is 0 Å². The fraction of sp³-hybridized carbons (Fsp3) is 1.00. The first-order valence-corrected chi connectivity index (χ1v) is 6.29. The zero-order valence-corrected chi connectivity index (χ0v) is 9.67. The molecule has 0 radical (unpaired) electrons. The van der Waals surface area contributed by atoms with Gasteiger partial charge in [-0.25, -0.2) is 0 Å². The number of nitrogens with zero attached hydrogens (tertiary/aromatic N) is 1. The number of piperidine rings is 1. The van der Waals surface area contributed by atoms with E-state index in [2.05, 4.69) is 10.2 Å². The molecule has 2 saturated heterocycles. The maximum atomic E-state index is 5.34. The second-order valence-electron chi connectivity index (χ2n) is 5.62. The molecule has 1 saturated carbocycles. The fourth-order valence-corrected chi connectivity index (χ4v) is 3.22. The summed E-state index contributed by atoms with van der Waals surface area (Å²) in [5, 5.41) is 3.42. The Balaban J connectivity index is 1.46. The number of methoxy groups -OCH3 is 1. The molecule has 2 aliphatic heterocycles. The highest BCUT2D eigenvalue weighted by atomic mass is 16.5. The average Bonchev–Trinajstić information content (AvgIpc) is 2.15. The maximum absolute atomic E-state index is 5.34. The first kappa shape index (κ1) is 10.1. The van der Waals surface area contributed by atoms with Crippen LogP contribution < -0.4 is 5.32 Å². The Morgan fingerprint density at radius 3 is 2.33 bits per heavy atom. The van der Waals surface area contributed by atoms with E-state index in [1.807, 2.05) is 7.11 Å². The Kier molecular flexibility index (Phi) is 2.49. The molecule has 0 amide bonds. The van der Waals surface area contributed by atoms with E-state index in [4.69, 9.17) is 4.74 Å². The molecule has 0 aromatic rings. The van der Waals surface area contributed by atoms with Crippen molar-refractivity contribution in [1.82, 2.24) is 10.2 Å². The fourth-order valence-electron chi connectivity index (χ4n) is 3.22. The Labute approximate surface area is 92.2 Å². The first-order valence-electron chi connectivity index (χ1n) is 6.29. The van der Waals surface area contributed by atoms with Crippen LogP contribution >= 0.6 is 0 Å². The lowest BCUT2D eigenvalue weighted by Gasteiger charge is -2.52. The van der Waals surface area contributed by atoms with Gasteiger partial charge in [0.2, 0.25) is 0 Å². The van der Waals surface area contributed by atoms with Crippen LogP contribution in [-0.4, -0.2) is 50.3 Å². The highest BCUT2D eigenvalue weighted by Gasteiger charge is 2.42. The van der Waals surface area contributed by atoms with Crippen LogP contribution in [0.5, 0.6) is 0 Å². The van der Waals surface area contributed by atoms with Gasteiger partial charge in [0.15, 0.2) is 0 Å². The Morgan fingerprint density at radius 2 is 1.87 bits per heavy atom. The van der Waals surface area contributed by atoms with E-state index in [9.17, 15) is 0 Å². The third-order valence-corrected chi connectivity index (χ3v) is 4.78. The Bertz CT molecular complexity index is 224. The summed E-state index contributed by atoms with van der Waals surface area (Å²) in [5.41, 5.74) is 0.695. The van der Waals surface area contributed by atoms with Crippen molar-refractivity contribution in [3.63, 3.8) is 0 Å². The molecule has 1 spiro atoms. The molecule has 1 aliphatic carbocycles. The normalized spacial score (nSPS) is 39.8. The molecule has 3 aliphatic rings. The van der Waals surface area contributed by atoms with Crippen LogP contribution in [0.15, 0.2) is 0 Å². The van der Waals surface area contributed by atoms with Gasteiger partial charge >= 0.3 is 0 Å². The summed E-state index contributed by atoms with van der Waals surface area (Å²) in [4.78, 5) is 2.69. The summed E-state index contributed by atoms with van der Waals surface area (Å²) in [5.74, 6) is 0. The zero-order valence-electron chi connectivity index (χ0n) is 9.67. The van der Waals surface area contributed by atoms with E-state index in [1.54, 1.807) is 0 Å². The number of hydrogen-bond donors (Lipinski definition) is 1. The second kappa shape index (κ2) is 3.72. The Hall–Kier alpha value is -0.120. The minimum absolute atomic E-state index is 0.552. The molecule has 3 fully saturated rings. The standard InChI is InChI=1S/C12H22N2O/c1-15-11-6-10(7-11)14-4-2-12(3-5-14)8-13-9-12/h10-11,13H,2-9H2,1H3/t10-,11-. The van der Waals surface area contributed by atoms with Gasteiger partial charge in [-0.3, -0.25) is 0 Å². The molecule has 3 heteroatoms. The molecule has 2 heterocycles. The smallest absolute Gasteiger partial charge is 0.0601 e. The summed E-state index contributed by atoms with van der Waals surface area (Å²) in [6, 6.07) is 0.834. The van der Waals surface area contributed by atoms with Crippen molar-refractivity contribution in [2.75, 3.05) is 33.3 Å². The van der Waals surface area contributed by atoms with Gasteiger partial charge in [0.05, 0.1) is 6.10 Å². The van der Waals surface area contributed by atoms with Gasteiger partial charge in [-0.1, -0.05) is 0 Å². The third-order valence-electron chi connectivity index (χ3n) is 4.78. The molecule has 15 heavy (non-hydrogen) atoms. The van der Waals surface area contributed by atoms with Gasteiger partial charge in [0, 0.05) is 26.2 Å². The van der Waals surface area contributed by atoms with Gasteiger partial charge in [-0.2, -0.15) is 0 Å². The molecule has 0 unspecified atom stereocenters. The van der Waals surface area contributed by atoms with Gasteiger partial charge in [0.1, 0.15) is 0 Å². The van der Waals surface area contributed by atoms with Crippen molar-refractivity contribution in [2.45, 2.75) is 37.8 Å². The van der Waals surface area contributed by atoms with Crippen molar-refractivity contribution in [3.05, 3.63) is 0 Å². The molecule has 3 rings (SSSR count). The first-order chi connectivity index (χ1) is 7.31. The van der Waals surface area contributed by atoms with E-state index in [0.29, 0.717) is 11.5 Å². The van der Waals surface area contributed by atoms with Crippen LogP contribution in [0.25, 0.3) is 0 Å². The lowest BCUT2D eigenvalue weighted by Crippen LogP contribution is -2.60. The van der Waals surface area contributed by atoms with Gasteiger partial charge < -0.3 is 15.0 Å². The van der Waals surface area contributed by atoms with Crippen molar-refractivity contribution in [1.29, 1.82) is 0 Å². The quantitative estimate of drug-likeness (QED) is 0.731. The van der Waals surface area contributed by atoms with Crippen LogP contribution in [0.4, 0.5) is 0 Å². The third kappa shape index (κ3) is 1.71. The lowest BCUT2D eigenvalue weighted by atomic mass is 9.72. The average molecular weight is 210 g/mol. The van der Waals surface area contributed by atoms with E-state index in [-0.39, 0.29) is 0 Å². The van der Waals surface area contributed by atoms with Crippen molar-refractivity contribution < 1.29 is 4.74 Å². The molecule has 1 N–H and O–H groups in total. The molecule has 86 valence electrons. The minimum atomic E-state index is 0.552. The topological polar surface area (TPSA) is 24.5 Å². The summed E-state index contributed by atoms with van der Waals surface area (Å²) in [6.45, 7) is 5.18. The molecule has 0 atom stereocenters. The second-order valence-corrected chi connectivity index (χ2v) is 5.62. The highest BCUT2D eigenvalue weighted by molar-refractivity contribution is 4.98. The predicted molar refractivity (Wildman–Crippen MR) is 59.9 cm³/mol. The van der Waals surface area contributed by atoms with Crippen molar-refractivity contribution in [3.8, 4) is 0 Å². The van der Waals surface area contributed by atoms with Crippen LogP contribution in [-0.2, 0) is 4.74 Å². The molecule has 0 bridgehead atoms. The van der Waals surface area contributed by atoms with Crippen LogP contribution in [0, 0.1) is 5.41 Å². The van der Waals surface area contributed by atoms with E-state index in [0.717, 1.165) is 6.04 Å². The largest absolute Gasteiger partial charge is 0.381 e. The van der Waals surface area contributed by atoms with Gasteiger partial charge in [-0.05, 0) is 44.2 Å². The molecule has 0 aromatic carbocycles. The van der Waals surface area contributed by atoms with E-state index < -0.39 is 0 Å². The SMILES string of the molecule is CO[C@H]1C[C@H](N2CCC3(CC2)CNC3)C1. The monoisotopic (exact) mass is 210 g/mol. The summed E-state index contributed by atoms with van der Waals surface area (Å²) in [6.07, 6.45) is 5.91. The number of nitrogens with one attached hydrogen (secondary N) is 1. The van der Waals surface area contributed by atoms with E-state index >= 15 is 0 Å². The molecular weight excluding hydrogens is 188 g/mol. The molecule has 0 aromatic heterocycles. The van der Waals surface area contributed by atoms with Crippen molar-refractivity contribution >= 4 is 0 Å². The van der Waals surface area contributed by atoms with Crippen LogP contribution in [0.1, 0.15) is 25.7 Å². The number of rotatable bonds is 2. The number of ether oxygens (including phenoxy) is 1. The van der Waals surface area contributed by atoms with Gasteiger partial charge in [0.25, 0.3) is 0 Å². The number of likely N-dealkylation sites (tertiary alicyclic amines) is 1. The van der Waals surface area contributed by atoms with Gasteiger partial charge in [-0.15, -0.1) is 0 Å². The maximum Gasteiger partial charge on any atom is 0.0601 e. The van der Waals surface area contributed by atoms with Crippen LogP contribution in [0.2, 0.25) is 0 Å². The summed E-state index contributed by atoms with van der Waals surface area (Å²) < 4.78 is 5.34.